The standard InChI is InChI=1S/C9H17N3/c1-3-5-6-8-9(7-4-2)11-12-10/h3,9H,1,4-8H2,2H3/t9-/m0/s1. The van der Waals surface area contributed by atoms with E-state index >= 15 is 0 Å². The van der Waals surface area contributed by atoms with Crippen LogP contribution in [0.3, 0.4) is 0 Å². The van der Waals surface area contributed by atoms with E-state index in [1.165, 1.54) is 0 Å². The van der Waals surface area contributed by atoms with Gasteiger partial charge in [-0.05, 0) is 31.2 Å². The van der Waals surface area contributed by atoms with Crippen molar-refractivity contribution in [2.24, 2.45) is 5.11 Å². The monoisotopic (exact) mass is 167 g/mol. The maximum atomic E-state index is 8.26. The Balaban J connectivity index is 3.62. The minimum absolute atomic E-state index is 0.194. The lowest BCUT2D eigenvalue weighted by molar-refractivity contribution is 0.540. The van der Waals surface area contributed by atoms with Gasteiger partial charge in [0, 0.05) is 11.0 Å². The maximum Gasteiger partial charge on any atom is 0.0374 e. The largest absolute Gasteiger partial charge is 0.103 e. The molecule has 0 aromatic heterocycles. The van der Waals surface area contributed by atoms with E-state index < -0.39 is 0 Å². The second-order valence-electron chi connectivity index (χ2n) is 2.87. The van der Waals surface area contributed by atoms with E-state index in [1.54, 1.807) is 0 Å². The summed E-state index contributed by atoms with van der Waals surface area (Å²) in [5, 5.41) is 3.73. The lowest BCUT2D eigenvalue weighted by atomic mass is 10.1. The van der Waals surface area contributed by atoms with Crippen molar-refractivity contribution < 1.29 is 0 Å². The molecule has 0 aromatic carbocycles. The summed E-state index contributed by atoms with van der Waals surface area (Å²) in [6.07, 6.45) is 7.07. The van der Waals surface area contributed by atoms with Crippen LogP contribution in [-0.2, 0) is 0 Å². The average molecular weight is 167 g/mol. The fourth-order valence-electron chi connectivity index (χ4n) is 1.16. The van der Waals surface area contributed by atoms with Crippen molar-refractivity contribution in [1.29, 1.82) is 0 Å². The molecule has 0 rings (SSSR count). The van der Waals surface area contributed by atoms with Gasteiger partial charge in [-0.2, -0.15) is 0 Å². The summed E-state index contributed by atoms with van der Waals surface area (Å²) in [4.78, 5) is 2.83. The maximum absolute atomic E-state index is 8.26. The van der Waals surface area contributed by atoms with E-state index in [0.29, 0.717) is 0 Å². The summed E-state index contributed by atoms with van der Waals surface area (Å²) in [5.41, 5.74) is 8.26. The third-order valence-corrected chi connectivity index (χ3v) is 1.78. The Morgan fingerprint density at radius 3 is 2.83 bits per heavy atom. The first kappa shape index (κ1) is 11.1. The molecular formula is C9H17N3. The molecular weight excluding hydrogens is 150 g/mol. The zero-order valence-corrected chi connectivity index (χ0v) is 7.74. The first-order valence-corrected chi connectivity index (χ1v) is 4.50. The molecule has 0 amide bonds. The molecule has 0 heterocycles. The molecule has 0 fully saturated rings. The van der Waals surface area contributed by atoms with E-state index in [1.807, 2.05) is 6.08 Å². The highest BCUT2D eigenvalue weighted by molar-refractivity contribution is 4.71. The first-order chi connectivity index (χ1) is 5.85. The van der Waals surface area contributed by atoms with Crippen molar-refractivity contribution in [1.82, 2.24) is 0 Å². The Kier molecular flexibility index (Phi) is 7.50. The van der Waals surface area contributed by atoms with E-state index in [4.69, 9.17) is 5.53 Å². The molecule has 0 aliphatic heterocycles. The van der Waals surface area contributed by atoms with Crippen LogP contribution in [0.25, 0.3) is 10.4 Å². The van der Waals surface area contributed by atoms with Crippen molar-refractivity contribution in [3.8, 4) is 0 Å². The predicted molar refractivity (Wildman–Crippen MR) is 51.9 cm³/mol. The molecule has 1 atom stereocenters. The molecule has 12 heavy (non-hydrogen) atoms. The van der Waals surface area contributed by atoms with Crippen LogP contribution >= 0.6 is 0 Å². The number of rotatable bonds is 7. The zero-order chi connectivity index (χ0) is 9.23. The molecule has 3 nitrogen and oxygen atoms in total. The number of allylic oxidation sites excluding steroid dienone is 1. The quantitative estimate of drug-likeness (QED) is 0.182. The molecule has 68 valence electrons. The highest BCUT2D eigenvalue weighted by atomic mass is 15.1. The van der Waals surface area contributed by atoms with Crippen LogP contribution in [0.2, 0.25) is 0 Å². The van der Waals surface area contributed by atoms with Crippen LogP contribution in [0.5, 0.6) is 0 Å². The topological polar surface area (TPSA) is 48.8 Å². The smallest absolute Gasteiger partial charge is 0.0374 e. The number of azide groups is 1. The average Bonchev–Trinajstić information content (AvgIpc) is 2.06. The van der Waals surface area contributed by atoms with Gasteiger partial charge in [-0.25, -0.2) is 0 Å². The van der Waals surface area contributed by atoms with Gasteiger partial charge in [0.15, 0.2) is 0 Å². The highest BCUT2D eigenvalue weighted by Gasteiger charge is 2.02. The molecule has 0 aromatic rings. The van der Waals surface area contributed by atoms with Gasteiger partial charge in [-0.1, -0.05) is 24.5 Å². The van der Waals surface area contributed by atoms with Crippen LogP contribution in [0, 0.1) is 0 Å². The normalized spacial score (nSPS) is 11.8. The van der Waals surface area contributed by atoms with Crippen molar-refractivity contribution in [3.63, 3.8) is 0 Å². The molecule has 0 N–H and O–H groups in total. The van der Waals surface area contributed by atoms with Gasteiger partial charge in [0.25, 0.3) is 0 Å². The SMILES string of the molecule is C=CCCC[C@H](CCC)N=[N+]=[N-]. The molecule has 3 heteroatoms. The molecule has 0 aliphatic carbocycles. The third kappa shape index (κ3) is 5.81. The predicted octanol–water partition coefficient (Wildman–Crippen LogP) is 3.82. The summed E-state index contributed by atoms with van der Waals surface area (Å²) in [6, 6.07) is 0.194. The molecule has 0 unspecified atom stereocenters. The lowest BCUT2D eigenvalue weighted by Gasteiger charge is -2.07. The Morgan fingerprint density at radius 2 is 2.33 bits per heavy atom. The van der Waals surface area contributed by atoms with E-state index in [2.05, 4.69) is 23.5 Å². The molecule has 0 bridgehead atoms. The van der Waals surface area contributed by atoms with Crippen LogP contribution in [-0.4, -0.2) is 6.04 Å². The molecule has 0 aliphatic rings. The summed E-state index contributed by atoms with van der Waals surface area (Å²) < 4.78 is 0. The number of nitrogens with zero attached hydrogens (tertiary/aromatic N) is 3. The molecule has 0 spiro atoms. The van der Waals surface area contributed by atoms with Gasteiger partial charge in [-0.3, -0.25) is 0 Å². The zero-order valence-electron chi connectivity index (χ0n) is 7.74. The summed E-state index contributed by atoms with van der Waals surface area (Å²) in [6.45, 7) is 5.75. The molecule has 0 radical (unpaired) electrons. The van der Waals surface area contributed by atoms with E-state index in [-0.39, 0.29) is 6.04 Å². The highest BCUT2D eigenvalue weighted by Crippen LogP contribution is 2.10. The fourth-order valence-corrected chi connectivity index (χ4v) is 1.16. The van der Waals surface area contributed by atoms with Gasteiger partial charge in [0.1, 0.15) is 0 Å². The van der Waals surface area contributed by atoms with Gasteiger partial charge in [0.05, 0.1) is 0 Å². The first-order valence-electron chi connectivity index (χ1n) is 4.50. The Bertz CT molecular complexity index is 159. The van der Waals surface area contributed by atoms with Crippen molar-refractivity contribution in [3.05, 3.63) is 23.1 Å². The van der Waals surface area contributed by atoms with E-state index in [9.17, 15) is 0 Å². The number of unbranched alkanes of at least 4 members (excludes halogenated alkanes) is 1. The lowest BCUT2D eigenvalue weighted by Crippen LogP contribution is -2.01. The number of hydrogen-bond donors (Lipinski definition) is 0. The summed E-state index contributed by atoms with van der Waals surface area (Å²) in [5.74, 6) is 0. The Hall–Kier alpha value is -0.950. The van der Waals surface area contributed by atoms with Gasteiger partial charge in [0.2, 0.25) is 0 Å². The van der Waals surface area contributed by atoms with Crippen molar-refractivity contribution >= 4 is 0 Å². The minimum Gasteiger partial charge on any atom is -0.103 e. The van der Waals surface area contributed by atoms with Crippen LogP contribution in [0.15, 0.2) is 17.8 Å². The summed E-state index contributed by atoms with van der Waals surface area (Å²) in [7, 11) is 0. The molecule has 0 saturated heterocycles. The summed E-state index contributed by atoms with van der Waals surface area (Å²) >= 11 is 0. The Morgan fingerprint density at radius 1 is 1.58 bits per heavy atom. The van der Waals surface area contributed by atoms with Gasteiger partial charge >= 0.3 is 0 Å². The van der Waals surface area contributed by atoms with Gasteiger partial charge < -0.3 is 0 Å². The van der Waals surface area contributed by atoms with Crippen LogP contribution in [0.4, 0.5) is 0 Å². The number of hydrogen-bond acceptors (Lipinski definition) is 1. The van der Waals surface area contributed by atoms with Gasteiger partial charge in [-0.15, -0.1) is 6.58 Å². The van der Waals surface area contributed by atoms with Crippen molar-refractivity contribution in [2.75, 3.05) is 0 Å². The Labute approximate surface area is 74.1 Å². The second-order valence-corrected chi connectivity index (χ2v) is 2.87. The second kappa shape index (κ2) is 8.15. The van der Waals surface area contributed by atoms with Crippen LogP contribution < -0.4 is 0 Å². The fraction of sp³-hybridized carbons (Fsp3) is 0.778. The van der Waals surface area contributed by atoms with Crippen LogP contribution in [0.1, 0.15) is 39.0 Å². The van der Waals surface area contributed by atoms with Crippen molar-refractivity contribution in [2.45, 2.75) is 45.1 Å². The third-order valence-electron chi connectivity index (χ3n) is 1.78. The minimum atomic E-state index is 0.194. The molecule has 0 saturated carbocycles. The van der Waals surface area contributed by atoms with E-state index in [0.717, 1.165) is 32.1 Å².